The van der Waals surface area contributed by atoms with E-state index in [4.69, 9.17) is 28.6 Å². The molecule has 0 aliphatic carbocycles. The summed E-state index contributed by atoms with van der Waals surface area (Å²) in [6.45, 7) is 6.65. The Kier molecular flexibility index (Phi) is 7.22. The molecule has 2 rings (SSSR count). The van der Waals surface area contributed by atoms with E-state index in [0.717, 1.165) is 41.3 Å². The molecule has 0 radical (unpaired) electrons. The lowest BCUT2D eigenvalue weighted by molar-refractivity contribution is 0.317. The average molecular weight is 376 g/mol. The molecule has 0 aliphatic heterocycles. The Labute approximate surface area is 159 Å². The first-order chi connectivity index (χ1) is 12.0. The minimum atomic E-state index is 0.410. The predicted octanol–water partition coefficient (Wildman–Crippen LogP) is 5.15. The van der Waals surface area contributed by atoms with Crippen LogP contribution in [0.5, 0.6) is 5.75 Å². The van der Waals surface area contributed by atoms with E-state index in [2.05, 4.69) is 22.8 Å². The maximum atomic E-state index is 6.11. The Morgan fingerprint density at radius 1 is 1.20 bits per heavy atom. The molecule has 0 atom stereocenters. The summed E-state index contributed by atoms with van der Waals surface area (Å²) in [5.74, 6) is 0.861. The van der Waals surface area contributed by atoms with Gasteiger partial charge in [0.25, 0.3) is 0 Å². The third kappa shape index (κ3) is 5.73. The van der Waals surface area contributed by atoms with Crippen LogP contribution in [-0.4, -0.2) is 17.4 Å². The molecule has 0 aromatic heterocycles. The van der Waals surface area contributed by atoms with Crippen LogP contribution in [0.1, 0.15) is 31.4 Å². The van der Waals surface area contributed by atoms with Gasteiger partial charge in [-0.25, -0.2) is 0 Å². The number of hydrogen-bond donors (Lipinski definition) is 2. The average Bonchev–Trinajstić information content (AvgIpc) is 2.62. The molecule has 0 bridgehead atoms. The van der Waals surface area contributed by atoms with Crippen molar-refractivity contribution in [2.45, 2.75) is 27.2 Å². The number of nitrogens with one attached hydrogen (secondary N) is 2. The highest BCUT2D eigenvalue weighted by Crippen LogP contribution is 2.22. The Morgan fingerprint density at radius 3 is 2.60 bits per heavy atom. The van der Waals surface area contributed by atoms with Crippen LogP contribution >= 0.6 is 23.8 Å². The lowest BCUT2D eigenvalue weighted by Gasteiger charge is -2.11. The number of thiocarbonyl (C=S) groups is 1. The summed E-state index contributed by atoms with van der Waals surface area (Å²) >= 11 is 11.4. The highest BCUT2D eigenvalue weighted by molar-refractivity contribution is 7.80. The zero-order valence-electron chi connectivity index (χ0n) is 14.6. The smallest absolute Gasteiger partial charge is 0.191 e. The van der Waals surface area contributed by atoms with Crippen molar-refractivity contribution in [3.8, 4) is 5.75 Å². The molecule has 2 N–H and O–H groups in total. The molecule has 0 aliphatic rings. The Balaban J connectivity index is 1.95. The van der Waals surface area contributed by atoms with Crippen LogP contribution in [-0.2, 0) is 0 Å². The number of halogens is 1. The zero-order valence-corrected chi connectivity index (χ0v) is 16.2. The van der Waals surface area contributed by atoms with E-state index in [0.29, 0.717) is 10.1 Å². The fourth-order valence-electron chi connectivity index (χ4n) is 2.10. The third-order valence-corrected chi connectivity index (χ3v) is 4.19. The summed E-state index contributed by atoms with van der Waals surface area (Å²) in [4.78, 5) is 0. The van der Waals surface area contributed by atoms with Crippen molar-refractivity contribution in [3.05, 3.63) is 58.6 Å². The van der Waals surface area contributed by atoms with Gasteiger partial charge in [0.15, 0.2) is 5.11 Å². The Bertz CT molecular complexity index is 760. The molecule has 0 saturated carbocycles. The van der Waals surface area contributed by atoms with Crippen LogP contribution < -0.4 is 15.5 Å². The summed E-state index contributed by atoms with van der Waals surface area (Å²) < 4.78 is 5.58. The first kappa shape index (κ1) is 19.2. The molecule has 2 aromatic rings. The molecule has 0 saturated heterocycles. The molecule has 25 heavy (non-hydrogen) atoms. The van der Waals surface area contributed by atoms with Crippen molar-refractivity contribution < 1.29 is 4.74 Å². The van der Waals surface area contributed by atoms with E-state index >= 15 is 0 Å². The quantitative estimate of drug-likeness (QED) is 0.416. The first-order valence-electron chi connectivity index (χ1n) is 8.11. The van der Waals surface area contributed by atoms with Crippen LogP contribution in [0, 0.1) is 6.92 Å². The Hall–Kier alpha value is -2.11. The van der Waals surface area contributed by atoms with Gasteiger partial charge in [-0.05, 0) is 80.0 Å². The van der Waals surface area contributed by atoms with Gasteiger partial charge in [0, 0.05) is 10.7 Å². The van der Waals surface area contributed by atoms with Crippen molar-refractivity contribution in [3.63, 3.8) is 0 Å². The second-order valence-corrected chi connectivity index (χ2v) is 6.36. The monoisotopic (exact) mass is 375 g/mol. The number of hydrogen-bond acceptors (Lipinski definition) is 3. The summed E-state index contributed by atoms with van der Waals surface area (Å²) in [6.07, 6.45) is 0.989. The molecule has 6 heteroatoms. The number of rotatable bonds is 6. The molecule has 0 spiro atoms. The van der Waals surface area contributed by atoms with Gasteiger partial charge < -0.3 is 10.1 Å². The van der Waals surface area contributed by atoms with E-state index < -0.39 is 0 Å². The van der Waals surface area contributed by atoms with Gasteiger partial charge in [0.05, 0.1) is 12.3 Å². The normalized spacial score (nSPS) is 11.1. The van der Waals surface area contributed by atoms with Crippen LogP contribution in [0.4, 0.5) is 5.69 Å². The van der Waals surface area contributed by atoms with Gasteiger partial charge in [-0.2, -0.15) is 5.10 Å². The van der Waals surface area contributed by atoms with Crippen LogP contribution in [0.2, 0.25) is 5.02 Å². The van der Waals surface area contributed by atoms with E-state index in [9.17, 15) is 0 Å². The van der Waals surface area contributed by atoms with Crippen molar-refractivity contribution >= 4 is 40.3 Å². The maximum absolute atomic E-state index is 6.11. The van der Waals surface area contributed by atoms with Gasteiger partial charge in [0.2, 0.25) is 0 Å². The molecular formula is C19H22ClN3OS. The largest absolute Gasteiger partial charge is 0.494 e. The topological polar surface area (TPSA) is 45.6 Å². The number of anilines is 1. The van der Waals surface area contributed by atoms with E-state index in [1.54, 1.807) is 0 Å². The Morgan fingerprint density at radius 2 is 1.92 bits per heavy atom. The lowest BCUT2D eigenvalue weighted by Crippen LogP contribution is -2.25. The second kappa shape index (κ2) is 9.39. The fourth-order valence-corrected chi connectivity index (χ4v) is 2.43. The molecule has 0 heterocycles. The highest BCUT2D eigenvalue weighted by Gasteiger charge is 2.04. The summed E-state index contributed by atoms with van der Waals surface area (Å²) in [5, 5.41) is 8.52. The highest BCUT2D eigenvalue weighted by atomic mass is 35.5. The van der Waals surface area contributed by atoms with Crippen molar-refractivity contribution in [2.75, 3.05) is 11.9 Å². The summed E-state index contributed by atoms with van der Waals surface area (Å²) in [7, 11) is 0. The van der Waals surface area contributed by atoms with Gasteiger partial charge in [0.1, 0.15) is 5.75 Å². The molecule has 2 aromatic carbocycles. The lowest BCUT2D eigenvalue weighted by atomic mass is 10.1. The predicted molar refractivity (Wildman–Crippen MR) is 110 cm³/mol. The molecule has 4 nitrogen and oxygen atoms in total. The summed E-state index contributed by atoms with van der Waals surface area (Å²) in [5.41, 5.74) is 6.48. The van der Waals surface area contributed by atoms with Crippen LogP contribution in [0.15, 0.2) is 47.6 Å². The summed E-state index contributed by atoms with van der Waals surface area (Å²) in [6, 6.07) is 13.5. The van der Waals surface area contributed by atoms with Gasteiger partial charge in [-0.15, -0.1) is 0 Å². The fraction of sp³-hybridized carbons (Fsp3) is 0.263. The molecule has 132 valence electrons. The number of hydrazone groups is 1. The minimum Gasteiger partial charge on any atom is -0.494 e. The van der Waals surface area contributed by atoms with Crippen molar-refractivity contribution in [1.82, 2.24) is 5.43 Å². The van der Waals surface area contributed by atoms with E-state index in [1.807, 2.05) is 56.3 Å². The van der Waals surface area contributed by atoms with Gasteiger partial charge >= 0.3 is 0 Å². The standard InChI is InChI=1S/C19H22ClN3OS/c1-4-12-24-16-10-8-15(9-11-16)14(3)22-23-19(25)21-18-7-5-6-17(20)13(18)2/h5-11H,4,12H2,1-3H3,(H2,21,23,25)/b22-14-. The van der Waals surface area contributed by atoms with E-state index in [1.165, 1.54) is 0 Å². The first-order valence-corrected chi connectivity index (χ1v) is 8.89. The van der Waals surface area contributed by atoms with E-state index in [-0.39, 0.29) is 0 Å². The maximum Gasteiger partial charge on any atom is 0.191 e. The third-order valence-electron chi connectivity index (χ3n) is 3.59. The SMILES string of the molecule is CCCOc1ccc(/C(C)=N\NC(=S)Nc2cccc(Cl)c2C)cc1. The molecule has 0 fully saturated rings. The zero-order chi connectivity index (χ0) is 18.2. The minimum absolute atomic E-state index is 0.410. The van der Waals surface area contributed by atoms with Crippen LogP contribution in [0.25, 0.3) is 0 Å². The van der Waals surface area contributed by atoms with Crippen LogP contribution in [0.3, 0.4) is 0 Å². The number of nitrogens with zero attached hydrogens (tertiary/aromatic N) is 1. The van der Waals surface area contributed by atoms with Gasteiger partial charge in [-0.1, -0.05) is 24.6 Å². The number of benzene rings is 2. The van der Waals surface area contributed by atoms with Gasteiger partial charge in [-0.3, -0.25) is 5.43 Å². The van der Waals surface area contributed by atoms with Crippen molar-refractivity contribution in [2.24, 2.45) is 5.10 Å². The number of ether oxygens (including phenoxy) is 1. The molecule has 0 unspecified atom stereocenters. The van der Waals surface area contributed by atoms with Crippen molar-refractivity contribution in [1.29, 1.82) is 0 Å². The molecule has 0 amide bonds. The molecular weight excluding hydrogens is 354 g/mol. The second-order valence-electron chi connectivity index (χ2n) is 5.55.